The highest BCUT2D eigenvalue weighted by Crippen LogP contribution is 2.15. The third kappa shape index (κ3) is 4.37. The first-order valence-corrected chi connectivity index (χ1v) is 6.69. The molecule has 0 spiro atoms. The molecule has 1 aromatic carbocycles. The molecule has 0 saturated heterocycles. The highest BCUT2D eigenvalue weighted by atomic mass is 16.3. The molecule has 0 radical (unpaired) electrons. The van der Waals surface area contributed by atoms with Gasteiger partial charge in [0.25, 0.3) is 5.91 Å². The van der Waals surface area contributed by atoms with Crippen LogP contribution in [0.5, 0.6) is 0 Å². The molecule has 1 unspecified atom stereocenters. The van der Waals surface area contributed by atoms with Crippen LogP contribution in [0.25, 0.3) is 0 Å². The summed E-state index contributed by atoms with van der Waals surface area (Å²) in [4.78, 5) is 14.0. The van der Waals surface area contributed by atoms with Gasteiger partial charge in [-0.05, 0) is 38.0 Å². The van der Waals surface area contributed by atoms with Crippen molar-refractivity contribution < 1.29 is 9.90 Å². The summed E-state index contributed by atoms with van der Waals surface area (Å²) >= 11 is 0. The van der Waals surface area contributed by atoms with Crippen molar-refractivity contribution in [3.05, 3.63) is 34.9 Å². The SMILES string of the molecule is Cc1c(C#CCN)cccc1C(=O)N(C)CCC(C)O. The van der Waals surface area contributed by atoms with Crippen LogP contribution in [0.4, 0.5) is 0 Å². The lowest BCUT2D eigenvalue weighted by Crippen LogP contribution is -2.30. The molecule has 1 atom stereocenters. The molecule has 108 valence electrons. The Labute approximate surface area is 120 Å². The van der Waals surface area contributed by atoms with Crippen LogP contribution in [0.15, 0.2) is 18.2 Å². The highest BCUT2D eigenvalue weighted by Gasteiger charge is 2.15. The van der Waals surface area contributed by atoms with Gasteiger partial charge >= 0.3 is 0 Å². The molecule has 1 aromatic rings. The summed E-state index contributed by atoms with van der Waals surface area (Å²) in [6, 6.07) is 5.50. The number of rotatable bonds is 4. The van der Waals surface area contributed by atoms with Crippen molar-refractivity contribution in [1.29, 1.82) is 0 Å². The monoisotopic (exact) mass is 274 g/mol. The van der Waals surface area contributed by atoms with E-state index in [2.05, 4.69) is 11.8 Å². The summed E-state index contributed by atoms with van der Waals surface area (Å²) in [7, 11) is 1.74. The molecule has 20 heavy (non-hydrogen) atoms. The van der Waals surface area contributed by atoms with Gasteiger partial charge in [-0.25, -0.2) is 0 Å². The van der Waals surface area contributed by atoms with Crippen LogP contribution in [-0.4, -0.2) is 42.2 Å². The number of carbonyl (C=O) groups excluding carboxylic acids is 1. The van der Waals surface area contributed by atoms with Crippen molar-refractivity contribution >= 4 is 5.91 Å². The fraction of sp³-hybridized carbons (Fsp3) is 0.438. The van der Waals surface area contributed by atoms with Crippen molar-refractivity contribution in [2.45, 2.75) is 26.4 Å². The Bertz CT molecular complexity index is 527. The Hall–Kier alpha value is -1.83. The number of hydrogen-bond acceptors (Lipinski definition) is 3. The molecule has 0 aromatic heterocycles. The molecule has 0 aliphatic carbocycles. The lowest BCUT2D eigenvalue weighted by molar-refractivity contribution is 0.0768. The maximum Gasteiger partial charge on any atom is 0.253 e. The average molecular weight is 274 g/mol. The Morgan fingerprint density at radius 1 is 1.50 bits per heavy atom. The summed E-state index contributed by atoms with van der Waals surface area (Å²) < 4.78 is 0. The second-order valence-corrected chi connectivity index (χ2v) is 4.85. The zero-order valence-electron chi connectivity index (χ0n) is 12.3. The summed E-state index contributed by atoms with van der Waals surface area (Å²) in [5, 5.41) is 9.28. The summed E-state index contributed by atoms with van der Waals surface area (Å²) in [5.41, 5.74) is 7.70. The zero-order valence-corrected chi connectivity index (χ0v) is 12.3. The van der Waals surface area contributed by atoms with E-state index < -0.39 is 6.10 Å². The van der Waals surface area contributed by atoms with E-state index in [0.29, 0.717) is 25.1 Å². The number of benzene rings is 1. The van der Waals surface area contributed by atoms with Gasteiger partial charge in [-0.1, -0.05) is 17.9 Å². The summed E-state index contributed by atoms with van der Waals surface area (Å²) in [5.74, 6) is 5.72. The highest BCUT2D eigenvalue weighted by molar-refractivity contribution is 5.96. The Morgan fingerprint density at radius 3 is 2.80 bits per heavy atom. The minimum Gasteiger partial charge on any atom is -0.393 e. The van der Waals surface area contributed by atoms with Crippen LogP contribution < -0.4 is 5.73 Å². The standard InChI is InChI=1S/C16H22N2O2/c1-12(19)9-11-18(3)16(20)15-8-4-6-14(13(15)2)7-5-10-17/h4,6,8,12,19H,9-11,17H2,1-3H3. The lowest BCUT2D eigenvalue weighted by atomic mass is 10.0. The molecule has 0 aliphatic heterocycles. The smallest absolute Gasteiger partial charge is 0.253 e. The predicted octanol–water partition coefficient (Wildman–Crippen LogP) is 1.15. The topological polar surface area (TPSA) is 66.6 Å². The van der Waals surface area contributed by atoms with E-state index in [1.54, 1.807) is 24.9 Å². The van der Waals surface area contributed by atoms with E-state index in [1.807, 2.05) is 19.1 Å². The van der Waals surface area contributed by atoms with Crippen LogP contribution in [-0.2, 0) is 0 Å². The van der Waals surface area contributed by atoms with Crippen molar-refractivity contribution in [3.8, 4) is 11.8 Å². The van der Waals surface area contributed by atoms with Crippen LogP contribution in [0.2, 0.25) is 0 Å². The van der Waals surface area contributed by atoms with Gasteiger partial charge in [0.2, 0.25) is 0 Å². The van der Waals surface area contributed by atoms with Crippen LogP contribution >= 0.6 is 0 Å². The third-order valence-corrected chi connectivity index (χ3v) is 3.12. The number of nitrogens with zero attached hydrogens (tertiary/aromatic N) is 1. The molecule has 3 N–H and O–H groups in total. The van der Waals surface area contributed by atoms with E-state index in [1.165, 1.54) is 0 Å². The molecular formula is C16H22N2O2. The summed E-state index contributed by atoms with van der Waals surface area (Å²) in [6.45, 7) is 4.42. The van der Waals surface area contributed by atoms with Gasteiger partial charge < -0.3 is 15.7 Å². The van der Waals surface area contributed by atoms with Crippen molar-refractivity contribution in [1.82, 2.24) is 4.90 Å². The number of hydrogen-bond donors (Lipinski definition) is 2. The number of carbonyl (C=O) groups is 1. The van der Waals surface area contributed by atoms with Gasteiger partial charge in [0, 0.05) is 24.7 Å². The number of nitrogens with two attached hydrogens (primary N) is 1. The van der Waals surface area contributed by atoms with Gasteiger partial charge in [0.15, 0.2) is 0 Å². The largest absolute Gasteiger partial charge is 0.393 e. The van der Waals surface area contributed by atoms with Crippen LogP contribution in [0, 0.1) is 18.8 Å². The predicted molar refractivity (Wildman–Crippen MR) is 80.4 cm³/mol. The molecular weight excluding hydrogens is 252 g/mol. The molecule has 0 bridgehead atoms. The van der Waals surface area contributed by atoms with Gasteiger partial charge in [0.05, 0.1) is 12.6 Å². The number of aliphatic hydroxyl groups is 1. The molecule has 1 amide bonds. The quantitative estimate of drug-likeness (QED) is 0.809. The first-order valence-electron chi connectivity index (χ1n) is 6.69. The normalized spacial score (nSPS) is 11.4. The Kier molecular flexibility index (Phi) is 6.23. The average Bonchev–Trinajstić information content (AvgIpc) is 2.43. The molecule has 4 heteroatoms. The van der Waals surface area contributed by atoms with Crippen LogP contribution in [0.1, 0.15) is 34.8 Å². The van der Waals surface area contributed by atoms with Gasteiger partial charge in [-0.2, -0.15) is 0 Å². The second kappa shape index (κ2) is 7.68. The van der Waals surface area contributed by atoms with Crippen molar-refractivity contribution in [3.63, 3.8) is 0 Å². The van der Waals surface area contributed by atoms with Crippen molar-refractivity contribution in [2.75, 3.05) is 20.1 Å². The molecule has 0 fully saturated rings. The van der Waals surface area contributed by atoms with E-state index >= 15 is 0 Å². The summed E-state index contributed by atoms with van der Waals surface area (Å²) in [6.07, 6.45) is 0.154. The molecule has 4 nitrogen and oxygen atoms in total. The second-order valence-electron chi connectivity index (χ2n) is 4.85. The Balaban J connectivity index is 2.93. The fourth-order valence-electron chi connectivity index (χ4n) is 1.84. The van der Waals surface area contributed by atoms with E-state index in [-0.39, 0.29) is 5.91 Å². The number of amides is 1. The fourth-order valence-corrected chi connectivity index (χ4v) is 1.84. The van der Waals surface area contributed by atoms with Crippen LogP contribution in [0.3, 0.4) is 0 Å². The first kappa shape index (κ1) is 16.2. The number of aliphatic hydroxyl groups excluding tert-OH is 1. The van der Waals surface area contributed by atoms with Gasteiger partial charge in [0.1, 0.15) is 0 Å². The van der Waals surface area contributed by atoms with Gasteiger partial charge in [-0.15, -0.1) is 0 Å². The molecule has 1 rings (SSSR count). The third-order valence-electron chi connectivity index (χ3n) is 3.12. The zero-order chi connectivity index (χ0) is 15.1. The van der Waals surface area contributed by atoms with Crippen molar-refractivity contribution in [2.24, 2.45) is 5.73 Å². The minimum atomic E-state index is -0.409. The lowest BCUT2D eigenvalue weighted by Gasteiger charge is -2.19. The molecule has 0 heterocycles. The van der Waals surface area contributed by atoms with E-state index in [0.717, 1.165) is 11.1 Å². The maximum absolute atomic E-state index is 12.4. The van der Waals surface area contributed by atoms with E-state index in [4.69, 9.17) is 5.73 Å². The minimum absolute atomic E-state index is 0.0560. The first-order chi connectivity index (χ1) is 9.47. The van der Waals surface area contributed by atoms with Gasteiger partial charge in [-0.3, -0.25) is 4.79 Å². The Morgan fingerprint density at radius 2 is 2.20 bits per heavy atom. The molecule has 0 saturated carbocycles. The maximum atomic E-state index is 12.4. The van der Waals surface area contributed by atoms with E-state index in [9.17, 15) is 9.90 Å². The molecule has 0 aliphatic rings.